The summed E-state index contributed by atoms with van der Waals surface area (Å²) in [6.07, 6.45) is 0.741. The van der Waals surface area contributed by atoms with Crippen LogP contribution >= 0.6 is 0 Å². The molecule has 3 rings (SSSR count). The molecule has 0 amide bonds. The Labute approximate surface area is 120 Å². The highest BCUT2D eigenvalue weighted by atomic mass is 16.3. The lowest BCUT2D eigenvalue weighted by Gasteiger charge is -2.34. The van der Waals surface area contributed by atoms with E-state index >= 15 is 0 Å². The number of aliphatic hydroxyl groups excluding tert-OH is 1. The smallest absolute Gasteiger partial charge is 0.0708 e. The molecular formula is C17H22N2O. The second-order valence-corrected chi connectivity index (χ2v) is 6.01. The van der Waals surface area contributed by atoms with Crippen LogP contribution in [0.25, 0.3) is 10.9 Å². The summed E-state index contributed by atoms with van der Waals surface area (Å²) >= 11 is 0. The lowest BCUT2D eigenvalue weighted by molar-refractivity contribution is 0.0321. The van der Waals surface area contributed by atoms with Crippen molar-refractivity contribution in [3.05, 3.63) is 41.6 Å². The van der Waals surface area contributed by atoms with Crippen molar-refractivity contribution < 1.29 is 5.11 Å². The van der Waals surface area contributed by atoms with E-state index in [1.54, 1.807) is 0 Å². The maximum Gasteiger partial charge on any atom is 0.0708 e. The van der Waals surface area contributed by atoms with Crippen LogP contribution in [-0.2, 0) is 6.54 Å². The number of hydrogen-bond acceptors (Lipinski definition) is 3. The lowest BCUT2D eigenvalue weighted by atomic mass is 9.96. The largest absolute Gasteiger partial charge is 0.393 e. The number of hydrogen-bond donors (Lipinski definition) is 1. The number of fused-ring (bicyclic) bond motifs is 1. The van der Waals surface area contributed by atoms with Crippen molar-refractivity contribution in [2.45, 2.75) is 32.9 Å². The zero-order chi connectivity index (χ0) is 14.1. The number of benzene rings is 1. The van der Waals surface area contributed by atoms with Crippen LogP contribution in [-0.4, -0.2) is 34.2 Å². The van der Waals surface area contributed by atoms with Crippen molar-refractivity contribution >= 4 is 10.9 Å². The Balaban J connectivity index is 1.87. The quantitative estimate of drug-likeness (QED) is 0.911. The molecule has 2 aromatic rings. The maximum absolute atomic E-state index is 9.84. The van der Waals surface area contributed by atoms with Crippen molar-refractivity contribution in [1.29, 1.82) is 0 Å². The number of likely N-dealkylation sites (tertiary alicyclic amines) is 1. The first-order valence-electron chi connectivity index (χ1n) is 7.39. The van der Waals surface area contributed by atoms with Crippen LogP contribution < -0.4 is 0 Å². The van der Waals surface area contributed by atoms with Gasteiger partial charge in [0, 0.05) is 30.7 Å². The van der Waals surface area contributed by atoms with Crippen molar-refractivity contribution in [3.8, 4) is 0 Å². The summed E-state index contributed by atoms with van der Waals surface area (Å²) in [4.78, 5) is 7.04. The summed E-state index contributed by atoms with van der Waals surface area (Å²) in [5, 5.41) is 11.1. The molecule has 2 atom stereocenters. The Kier molecular flexibility index (Phi) is 3.72. The van der Waals surface area contributed by atoms with Crippen LogP contribution in [0.4, 0.5) is 0 Å². The van der Waals surface area contributed by atoms with Gasteiger partial charge in [-0.3, -0.25) is 9.88 Å². The van der Waals surface area contributed by atoms with Gasteiger partial charge in [0.1, 0.15) is 0 Å². The zero-order valence-corrected chi connectivity index (χ0v) is 12.2. The van der Waals surface area contributed by atoms with Crippen LogP contribution in [0.3, 0.4) is 0 Å². The summed E-state index contributed by atoms with van der Waals surface area (Å²) in [6.45, 7) is 7.07. The number of rotatable bonds is 2. The molecule has 1 aromatic carbocycles. The van der Waals surface area contributed by atoms with E-state index in [1.807, 2.05) is 6.07 Å². The average Bonchev–Trinajstić information content (AvgIpc) is 2.43. The highest BCUT2D eigenvalue weighted by Crippen LogP contribution is 2.23. The van der Waals surface area contributed by atoms with Crippen LogP contribution in [0.15, 0.2) is 30.3 Å². The monoisotopic (exact) mass is 270 g/mol. The van der Waals surface area contributed by atoms with Crippen LogP contribution in [0.1, 0.15) is 24.6 Å². The topological polar surface area (TPSA) is 36.4 Å². The predicted molar refractivity (Wildman–Crippen MR) is 81.5 cm³/mol. The second kappa shape index (κ2) is 5.51. The van der Waals surface area contributed by atoms with Crippen LogP contribution in [0.5, 0.6) is 0 Å². The number of aliphatic hydroxyl groups is 1. The third kappa shape index (κ3) is 2.69. The minimum Gasteiger partial charge on any atom is -0.393 e. The first kappa shape index (κ1) is 13.5. The third-order valence-electron chi connectivity index (χ3n) is 4.27. The van der Waals surface area contributed by atoms with Gasteiger partial charge in [-0.05, 0) is 37.0 Å². The predicted octanol–water partition coefficient (Wildman–Crippen LogP) is 2.75. The maximum atomic E-state index is 9.84. The van der Waals surface area contributed by atoms with Gasteiger partial charge in [0.25, 0.3) is 0 Å². The van der Waals surface area contributed by atoms with Gasteiger partial charge in [-0.15, -0.1) is 0 Å². The number of aromatic nitrogens is 1. The molecule has 0 radical (unpaired) electrons. The Morgan fingerprint density at radius 1 is 1.35 bits per heavy atom. The minimum atomic E-state index is -0.137. The SMILES string of the molecule is Cc1cc(CN2CCC(O)C(C)C2)c2ccccc2n1. The molecule has 2 unspecified atom stereocenters. The first-order chi connectivity index (χ1) is 9.63. The summed E-state index contributed by atoms with van der Waals surface area (Å²) in [5.74, 6) is 0.359. The summed E-state index contributed by atoms with van der Waals surface area (Å²) < 4.78 is 0. The summed E-state index contributed by atoms with van der Waals surface area (Å²) in [7, 11) is 0. The number of aryl methyl sites for hydroxylation is 1. The van der Waals surface area contributed by atoms with Crippen molar-refractivity contribution in [3.63, 3.8) is 0 Å². The Hall–Kier alpha value is -1.45. The van der Waals surface area contributed by atoms with E-state index in [1.165, 1.54) is 10.9 Å². The molecule has 0 spiro atoms. The van der Waals surface area contributed by atoms with E-state index in [-0.39, 0.29) is 6.10 Å². The normalized spacial score (nSPS) is 24.1. The molecule has 20 heavy (non-hydrogen) atoms. The molecule has 1 fully saturated rings. The van der Waals surface area contributed by atoms with E-state index < -0.39 is 0 Å². The van der Waals surface area contributed by atoms with Gasteiger partial charge >= 0.3 is 0 Å². The van der Waals surface area contributed by atoms with E-state index in [0.29, 0.717) is 5.92 Å². The molecule has 0 saturated carbocycles. The molecule has 106 valence electrons. The van der Waals surface area contributed by atoms with E-state index in [9.17, 15) is 5.11 Å². The molecule has 2 heterocycles. The molecule has 1 N–H and O–H groups in total. The van der Waals surface area contributed by atoms with Gasteiger partial charge in [0.2, 0.25) is 0 Å². The highest BCUT2D eigenvalue weighted by Gasteiger charge is 2.24. The Morgan fingerprint density at radius 2 is 2.15 bits per heavy atom. The number of piperidine rings is 1. The fourth-order valence-corrected chi connectivity index (χ4v) is 3.13. The van der Waals surface area contributed by atoms with Gasteiger partial charge in [-0.25, -0.2) is 0 Å². The molecule has 0 aliphatic carbocycles. The first-order valence-corrected chi connectivity index (χ1v) is 7.39. The molecule has 1 saturated heterocycles. The van der Waals surface area contributed by atoms with Crippen LogP contribution in [0, 0.1) is 12.8 Å². The van der Waals surface area contributed by atoms with Crippen molar-refractivity contribution in [1.82, 2.24) is 9.88 Å². The molecule has 3 nitrogen and oxygen atoms in total. The second-order valence-electron chi connectivity index (χ2n) is 6.01. The fraction of sp³-hybridized carbons (Fsp3) is 0.471. The van der Waals surface area contributed by atoms with E-state index in [4.69, 9.17) is 0 Å². The average molecular weight is 270 g/mol. The van der Waals surface area contributed by atoms with Gasteiger partial charge < -0.3 is 5.11 Å². The fourth-order valence-electron chi connectivity index (χ4n) is 3.13. The standard InChI is InChI=1S/C17H22N2O/c1-12-10-19(8-7-17(12)20)11-14-9-13(2)18-16-6-4-3-5-15(14)16/h3-6,9,12,17,20H,7-8,10-11H2,1-2H3. The van der Waals surface area contributed by atoms with E-state index in [0.717, 1.165) is 37.3 Å². The number of nitrogens with zero attached hydrogens (tertiary/aromatic N) is 2. The molecule has 1 aliphatic heterocycles. The van der Waals surface area contributed by atoms with Gasteiger partial charge in [0.05, 0.1) is 11.6 Å². The Bertz CT molecular complexity index is 611. The van der Waals surface area contributed by atoms with Crippen LogP contribution in [0.2, 0.25) is 0 Å². The number of pyridine rings is 1. The highest BCUT2D eigenvalue weighted by molar-refractivity contribution is 5.82. The van der Waals surface area contributed by atoms with Crippen molar-refractivity contribution in [2.24, 2.45) is 5.92 Å². The Morgan fingerprint density at radius 3 is 2.95 bits per heavy atom. The molecule has 0 bridgehead atoms. The lowest BCUT2D eigenvalue weighted by Crippen LogP contribution is -2.41. The molecule has 1 aromatic heterocycles. The summed E-state index contributed by atoms with van der Waals surface area (Å²) in [6, 6.07) is 10.5. The van der Waals surface area contributed by atoms with E-state index in [2.05, 4.69) is 48.0 Å². The number of para-hydroxylation sites is 1. The summed E-state index contributed by atoms with van der Waals surface area (Å²) in [5.41, 5.74) is 3.49. The van der Waals surface area contributed by atoms with Gasteiger partial charge in [0.15, 0.2) is 0 Å². The van der Waals surface area contributed by atoms with Gasteiger partial charge in [-0.1, -0.05) is 25.1 Å². The third-order valence-corrected chi connectivity index (χ3v) is 4.27. The molecule has 1 aliphatic rings. The molecular weight excluding hydrogens is 248 g/mol. The zero-order valence-electron chi connectivity index (χ0n) is 12.2. The minimum absolute atomic E-state index is 0.137. The van der Waals surface area contributed by atoms with Gasteiger partial charge in [-0.2, -0.15) is 0 Å². The molecule has 3 heteroatoms. The van der Waals surface area contributed by atoms with Crippen molar-refractivity contribution in [2.75, 3.05) is 13.1 Å².